The van der Waals surface area contributed by atoms with E-state index in [0.29, 0.717) is 12.1 Å². The number of hydrogen-bond donors (Lipinski definition) is 3. The molecule has 0 aromatic heterocycles. The summed E-state index contributed by atoms with van der Waals surface area (Å²) < 4.78 is 0. The van der Waals surface area contributed by atoms with Crippen molar-refractivity contribution in [3.63, 3.8) is 0 Å². The Labute approximate surface area is 110 Å². The smallest absolute Gasteiger partial charge is 0.166 e. The molecule has 98 valence electrons. The quantitative estimate of drug-likeness (QED) is 0.661. The van der Waals surface area contributed by atoms with E-state index >= 15 is 0 Å². The van der Waals surface area contributed by atoms with Crippen LogP contribution in [0.2, 0.25) is 0 Å². The number of rotatable bonds is 2. The molecule has 4 N–H and O–H groups in total. The van der Waals surface area contributed by atoms with Gasteiger partial charge in [0, 0.05) is 18.1 Å². The van der Waals surface area contributed by atoms with Crippen molar-refractivity contribution in [3.8, 4) is 0 Å². The Bertz CT molecular complexity index is 251. The number of nitrogens with two attached hydrogens (primary N) is 1. The molecule has 0 amide bonds. The molecule has 2 rings (SSSR count). The minimum absolute atomic E-state index is 0.273. The fourth-order valence-corrected chi connectivity index (χ4v) is 3.30. The number of thiocarbonyl (C=S) groups is 1. The molecule has 0 aromatic rings. The third-order valence-corrected chi connectivity index (χ3v) is 4.31. The minimum Gasteiger partial charge on any atom is -0.360 e. The van der Waals surface area contributed by atoms with Gasteiger partial charge in [-0.05, 0) is 37.9 Å². The van der Waals surface area contributed by atoms with Crippen molar-refractivity contribution in [2.24, 2.45) is 5.73 Å². The lowest BCUT2D eigenvalue weighted by Crippen LogP contribution is -2.53. The Balaban J connectivity index is 1.72. The van der Waals surface area contributed by atoms with Crippen LogP contribution in [-0.4, -0.2) is 23.2 Å². The van der Waals surface area contributed by atoms with E-state index in [4.69, 9.17) is 18.0 Å². The molecule has 17 heavy (non-hydrogen) atoms. The Morgan fingerprint density at radius 3 is 2.24 bits per heavy atom. The summed E-state index contributed by atoms with van der Waals surface area (Å²) in [7, 11) is 0. The summed E-state index contributed by atoms with van der Waals surface area (Å²) in [6.07, 6.45) is 11.4. The highest BCUT2D eigenvalue weighted by atomic mass is 32.1. The first kappa shape index (κ1) is 13.1. The van der Waals surface area contributed by atoms with Crippen LogP contribution >= 0.6 is 12.2 Å². The first-order chi connectivity index (χ1) is 8.25. The summed E-state index contributed by atoms with van der Waals surface area (Å²) in [5.41, 5.74) is 6.11. The van der Waals surface area contributed by atoms with E-state index in [2.05, 4.69) is 10.6 Å². The largest absolute Gasteiger partial charge is 0.360 e. The second-order valence-electron chi connectivity index (χ2n) is 5.51. The Kier molecular flexibility index (Phi) is 5.04. The second-order valence-corrected chi connectivity index (χ2v) is 5.92. The monoisotopic (exact) mass is 255 g/mol. The highest BCUT2D eigenvalue weighted by Crippen LogP contribution is 2.18. The zero-order chi connectivity index (χ0) is 12.1. The maximum absolute atomic E-state index is 6.11. The predicted octanol–water partition coefficient (Wildman–Crippen LogP) is 2.05. The standard InChI is InChI=1S/C13H25N3S/c14-11-8-4-5-9-12(11)16-13(17)15-10-6-2-1-3-7-10/h10-12H,1-9,14H2,(H2,15,16,17)/t11-,12-/m1/s1. The average molecular weight is 255 g/mol. The van der Waals surface area contributed by atoms with Gasteiger partial charge in [-0.25, -0.2) is 0 Å². The normalized spacial score (nSPS) is 30.9. The summed E-state index contributed by atoms with van der Waals surface area (Å²) in [6.45, 7) is 0. The van der Waals surface area contributed by atoms with Crippen molar-refractivity contribution in [2.45, 2.75) is 75.9 Å². The van der Waals surface area contributed by atoms with Gasteiger partial charge in [0.15, 0.2) is 5.11 Å². The van der Waals surface area contributed by atoms with Gasteiger partial charge >= 0.3 is 0 Å². The summed E-state index contributed by atoms with van der Waals surface area (Å²) in [6, 6.07) is 1.24. The van der Waals surface area contributed by atoms with Crippen molar-refractivity contribution in [2.75, 3.05) is 0 Å². The van der Waals surface area contributed by atoms with Crippen molar-refractivity contribution in [1.29, 1.82) is 0 Å². The van der Waals surface area contributed by atoms with Gasteiger partial charge in [0.05, 0.1) is 0 Å². The van der Waals surface area contributed by atoms with Crippen molar-refractivity contribution in [1.82, 2.24) is 10.6 Å². The molecule has 2 atom stereocenters. The zero-order valence-corrected chi connectivity index (χ0v) is 11.4. The SMILES string of the molecule is N[C@@H]1CCCC[C@H]1NC(=S)NC1CCCCC1. The van der Waals surface area contributed by atoms with E-state index in [-0.39, 0.29) is 6.04 Å². The summed E-state index contributed by atoms with van der Waals surface area (Å²) >= 11 is 5.39. The van der Waals surface area contributed by atoms with Crippen LogP contribution < -0.4 is 16.4 Å². The molecular formula is C13H25N3S. The highest BCUT2D eigenvalue weighted by molar-refractivity contribution is 7.80. The van der Waals surface area contributed by atoms with Gasteiger partial charge in [0.25, 0.3) is 0 Å². The molecule has 0 aromatic carbocycles. The first-order valence-corrected chi connectivity index (χ1v) is 7.49. The van der Waals surface area contributed by atoms with Crippen molar-refractivity contribution in [3.05, 3.63) is 0 Å². The van der Waals surface area contributed by atoms with Gasteiger partial charge in [0.2, 0.25) is 0 Å². The van der Waals surface area contributed by atoms with Gasteiger partial charge in [-0.1, -0.05) is 32.1 Å². The highest BCUT2D eigenvalue weighted by Gasteiger charge is 2.23. The molecule has 2 aliphatic rings. The molecule has 0 radical (unpaired) electrons. The second kappa shape index (κ2) is 6.55. The molecule has 0 saturated heterocycles. The summed E-state index contributed by atoms with van der Waals surface area (Å²) in [5.74, 6) is 0. The van der Waals surface area contributed by atoms with Gasteiger partial charge in [-0.15, -0.1) is 0 Å². The fraction of sp³-hybridized carbons (Fsp3) is 0.923. The Morgan fingerprint density at radius 2 is 1.53 bits per heavy atom. The van der Waals surface area contributed by atoms with E-state index in [1.54, 1.807) is 0 Å². The number of hydrogen-bond acceptors (Lipinski definition) is 2. The Morgan fingerprint density at radius 1 is 0.882 bits per heavy atom. The van der Waals surface area contributed by atoms with E-state index < -0.39 is 0 Å². The van der Waals surface area contributed by atoms with Crippen LogP contribution in [-0.2, 0) is 0 Å². The lowest BCUT2D eigenvalue weighted by atomic mass is 9.91. The number of nitrogens with one attached hydrogen (secondary N) is 2. The van der Waals surface area contributed by atoms with Gasteiger partial charge in [0.1, 0.15) is 0 Å². The van der Waals surface area contributed by atoms with Crippen LogP contribution in [0.4, 0.5) is 0 Å². The lowest BCUT2D eigenvalue weighted by molar-refractivity contribution is 0.354. The van der Waals surface area contributed by atoms with Crippen LogP contribution in [0.1, 0.15) is 57.8 Å². The van der Waals surface area contributed by atoms with Crippen LogP contribution in [0.5, 0.6) is 0 Å². The summed E-state index contributed by atoms with van der Waals surface area (Å²) in [5, 5.41) is 7.68. The van der Waals surface area contributed by atoms with Gasteiger partial charge in [-0.2, -0.15) is 0 Å². The predicted molar refractivity (Wildman–Crippen MR) is 76.0 cm³/mol. The first-order valence-electron chi connectivity index (χ1n) is 7.08. The molecule has 3 nitrogen and oxygen atoms in total. The van der Waals surface area contributed by atoms with E-state index in [1.807, 2.05) is 0 Å². The molecule has 2 saturated carbocycles. The molecular weight excluding hydrogens is 230 g/mol. The molecule has 0 spiro atoms. The topological polar surface area (TPSA) is 50.1 Å². The maximum atomic E-state index is 6.11. The molecule has 0 aliphatic heterocycles. The van der Waals surface area contributed by atoms with Crippen LogP contribution in [0, 0.1) is 0 Å². The molecule has 0 unspecified atom stereocenters. The molecule has 2 aliphatic carbocycles. The molecule has 0 bridgehead atoms. The van der Waals surface area contributed by atoms with Crippen molar-refractivity contribution < 1.29 is 0 Å². The zero-order valence-electron chi connectivity index (χ0n) is 10.6. The molecule has 0 heterocycles. The minimum atomic E-state index is 0.273. The van der Waals surface area contributed by atoms with Gasteiger partial charge < -0.3 is 16.4 Å². The van der Waals surface area contributed by atoms with E-state index in [1.165, 1.54) is 44.9 Å². The van der Waals surface area contributed by atoms with Crippen LogP contribution in [0.25, 0.3) is 0 Å². The van der Waals surface area contributed by atoms with Gasteiger partial charge in [-0.3, -0.25) is 0 Å². The lowest BCUT2D eigenvalue weighted by Gasteiger charge is -2.32. The van der Waals surface area contributed by atoms with E-state index in [9.17, 15) is 0 Å². The average Bonchev–Trinajstić information content (AvgIpc) is 2.33. The fourth-order valence-electron chi connectivity index (χ4n) is 2.98. The molecule has 4 heteroatoms. The van der Waals surface area contributed by atoms with Crippen LogP contribution in [0.3, 0.4) is 0 Å². The van der Waals surface area contributed by atoms with E-state index in [0.717, 1.165) is 18.0 Å². The summed E-state index contributed by atoms with van der Waals surface area (Å²) in [4.78, 5) is 0. The van der Waals surface area contributed by atoms with Crippen molar-refractivity contribution >= 4 is 17.3 Å². The molecule has 2 fully saturated rings. The third kappa shape index (κ3) is 4.11. The Hall–Kier alpha value is -0.350. The van der Waals surface area contributed by atoms with Crippen LogP contribution in [0.15, 0.2) is 0 Å². The third-order valence-electron chi connectivity index (χ3n) is 4.08. The maximum Gasteiger partial charge on any atom is 0.166 e.